The van der Waals surface area contributed by atoms with Crippen molar-refractivity contribution in [2.75, 3.05) is 0 Å². The van der Waals surface area contributed by atoms with Gasteiger partial charge in [-0.2, -0.15) is 0 Å². The molecule has 0 aromatic rings. The predicted molar refractivity (Wildman–Crippen MR) is 18.5 cm³/mol. The van der Waals surface area contributed by atoms with Crippen molar-refractivity contribution in [1.29, 1.82) is 0 Å². The Morgan fingerprint density at radius 1 is 0.929 bits per heavy atom. The van der Waals surface area contributed by atoms with E-state index in [-0.39, 0.29) is 184 Å². The van der Waals surface area contributed by atoms with E-state index in [1.54, 1.807) is 0 Å². The molecule has 0 aliphatic rings. The van der Waals surface area contributed by atoms with Gasteiger partial charge in [0, 0.05) is 0 Å². The van der Waals surface area contributed by atoms with Crippen LogP contribution in [0.15, 0.2) is 0 Å². The molecule has 7 nitrogen and oxygen atoms in total. The number of phosphoric acid groups is 1. The van der Waals surface area contributed by atoms with Gasteiger partial charge in [-0.25, -0.2) is 4.20 Å². The van der Waals surface area contributed by atoms with Gasteiger partial charge in [0.1, 0.15) is 7.91 Å². The molecule has 0 fully saturated rings. The van der Waals surface area contributed by atoms with Crippen molar-refractivity contribution >= 4 is 15.7 Å². The van der Waals surface area contributed by atoms with Crippen molar-refractivity contribution in [3.05, 3.63) is 0 Å². The SMILES string of the molecule is O=P([O-])([O-])F.O=P([O-])([O-])O.[K+].[K+].[K+].[Na+]. The van der Waals surface area contributed by atoms with Crippen LogP contribution in [0.1, 0.15) is 0 Å². The normalized spacial score (nSPS) is 8.43. The van der Waals surface area contributed by atoms with E-state index < -0.39 is 15.7 Å². The Morgan fingerprint density at radius 2 is 0.929 bits per heavy atom. The standard InChI is InChI=1S/FH2O3P.3K.Na.H3O4P/c1-5(2,3)4;;;;;1-5(2,3)4/h(H2,2,3,4);;;;;(H3,1,2,3,4)/q;4*+1;/p-4. The number of hydrogen-bond donors (Lipinski definition) is 1. The van der Waals surface area contributed by atoms with Gasteiger partial charge in [0.05, 0.1) is 7.82 Å². The number of rotatable bonds is 0. The zero-order valence-electron chi connectivity index (χ0n) is 8.17. The van der Waals surface area contributed by atoms with Gasteiger partial charge in [0.25, 0.3) is 0 Å². The molecule has 0 aliphatic heterocycles. The summed E-state index contributed by atoms with van der Waals surface area (Å²) in [5.74, 6) is 0. The van der Waals surface area contributed by atoms with E-state index in [0.717, 1.165) is 0 Å². The third-order valence-electron chi connectivity index (χ3n) is 0. The van der Waals surface area contributed by atoms with Gasteiger partial charge in [0.15, 0.2) is 0 Å². The first-order valence-corrected chi connectivity index (χ1v) is 4.39. The molecule has 0 heterocycles. The van der Waals surface area contributed by atoms with Crippen LogP contribution in [0.4, 0.5) is 4.20 Å². The molecule has 0 aliphatic carbocycles. The van der Waals surface area contributed by atoms with E-state index in [1.165, 1.54) is 0 Å². The Labute approximate surface area is 230 Å². The maximum atomic E-state index is 10.1. The summed E-state index contributed by atoms with van der Waals surface area (Å²) in [6, 6.07) is 0. The first-order chi connectivity index (χ1) is 4.00. The van der Waals surface area contributed by atoms with Crippen LogP contribution < -0.4 is 203 Å². The van der Waals surface area contributed by atoms with Crippen molar-refractivity contribution in [2.24, 2.45) is 0 Å². The minimum atomic E-state index is -5.64. The molecule has 64 valence electrons. The van der Waals surface area contributed by atoms with E-state index in [9.17, 15) is 4.20 Å². The minimum absolute atomic E-state index is 0. The monoisotopic (exact) mass is 334 g/mol. The molecule has 0 saturated carbocycles. The fraction of sp³-hybridized carbons (Fsp3) is 0. The van der Waals surface area contributed by atoms with Crippen LogP contribution in [0.25, 0.3) is 0 Å². The maximum absolute atomic E-state index is 10.1. The van der Waals surface area contributed by atoms with E-state index in [0.29, 0.717) is 0 Å². The Bertz CT molecular complexity index is 139. The summed E-state index contributed by atoms with van der Waals surface area (Å²) < 4.78 is 27.2. The number of halogens is 1. The van der Waals surface area contributed by atoms with Crippen LogP contribution in [0, 0.1) is 0 Å². The Kier molecular flexibility index (Phi) is 50.3. The molecule has 0 aromatic heterocycles. The van der Waals surface area contributed by atoms with Gasteiger partial charge in [-0.05, 0) is 0 Å². The fourth-order valence-electron chi connectivity index (χ4n) is 0. The molecule has 14 heavy (non-hydrogen) atoms. The van der Waals surface area contributed by atoms with Gasteiger partial charge < -0.3 is 33.6 Å². The van der Waals surface area contributed by atoms with E-state index in [2.05, 4.69) is 0 Å². The van der Waals surface area contributed by atoms with Crippen LogP contribution in [0.2, 0.25) is 0 Å². The molecule has 0 amide bonds. The summed E-state index contributed by atoms with van der Waals surface area (Å²) in [6.07, 6.45) is 0. The van der Waals surface area contributed by atoms with Crippen LogP contribution in [-0.2, 0) is 9.13 Å². The minimum Gasteiger partial charge on any atom is -0.790 e. The molecule has 0 aromatic carbocycles. The Balaban J connectivity index is -0.0000000178. The van der Waals surface area contributed by atoms with Crippen LogP contribution in [0.3, 0.4) is 0 Å². The molecule has 1 N–H and O–H groups in total. The second kappa shape index (κ2) is 19.1. The first-order valence-electron chi connectivity index (χ1n) is 1.46. The van der Waals surface area contributed by atoms with Gasteiger partial charge in [-0.15, -0.1) is 0 Å². The summed E-state index contributed by atoms with van der Waals surface area (Å²) in [7, 11) is -10.8. The topological polar surface area (TPSA) is 147 Å². The Hall–Kier alpha value is 6.10. The molecule has 0 spiro atoms. The number of hydrogen-bond acceptors (Lipinski definition) is 6. The average molecular weight is 334 g/mol. The summed E-state index contributed by atoms with van der Waals surface area (Å²) in [5, 5.41) is 0. The predicted octanol–water partition coefficient (Wildman–Crippen LogP) is -15.4. The van der Waals surface area contributed by atoms with Crippen molar-refractivity contribution < 1.29 is 222 Å². The summed E-state index contributed by atoms with van der Waals surface area (Å²) in [4.78, 5) is 41.2. The molecule has 0 bridgehead atoms. The second-order valence-corrected chi connectivity index (χ2v) is 2.70. The quantitative estimate of drug-likeness (QED) is 0.342. The molecule has 14 heteroatoms. The third kappa shape index (κ3) is 142. The largest absolute Gasteiger partial charge is 1.00 e. The smallest absolute Gasteiger partial charge is 0.790 e. The second-order valence-electron chi connectivity index (χ2n) is 0.899. The summed E-state index contributed by atoms with van der Waals surface area (Å²) in [6.45, 7) is 0. The molecular weight excluding hydrogens is 333 g/mol. The van der Waals surface area contributed by atoms with Crippen LogP contribution in [-0.4, -0.2) is 4.89 Å². The van der Waals surface area contributed by atoms with Gasteiger partial charge >= 0.3 is 184 Å². The van der Waals surface area contributed by atoms with Gasteiger partial charge in [0.2, 0.25) is 0 Å². The van der Waals surface area contributed by atoms with E-state index in [4.69, 9.17) is 33.6 Å². The third-order valence-corrected chi connectivity index (χ3v) is 0. The van der Waals surface area contributed by atoms with Gasteiger partial charge in [-0.3, -0.25) is 0 Å². The molecule has 0 unspecified atom stereocenters. The molecule has 0 radical (unpaired) electrons. The van der Waals surface area contributed by atoms with Crippen LogP contribution >= 0.6 is 15.7 Å². The zero-order chi connectivity index (χ0) is 9.00. The van der Waals surface area contributed by atoms with Crippen molar-refractivity contribution in [3.63, 3.8) is 0 Å². The van der Waals surface area contributed by atoms with Crippen molar-refractivity contribution in [1.82, 2.24) is 0 Å². The summed E-state index contributed by atoms with van der Waals surface area (Å²) >= 11 is 0. The van der Waals surface area contributed by atoms with E-state index >= 15 is 0 Å². The molecule has 0 rings (SSSR count). The zero-order valence-corrected chi connectivity index (χ0v) is 21.3. The first kappa shape index (κ1) is 36.9. The molecule has 0 atom stereocenters. The summed E-state index contributed by atoms with van der Waals surface area (Å²) in [5.41, 5.74) is 0. The van der Waals surface area contributed by atoms with Crippen molar-refractivity contribution in [2.45, 2.75) is 0 Å². The Morgan fingerprint density at radius 3 is 0.929 bits per heavy atom. The molecular formula is HFK3NaO7P2. The van der Waals surface area contributed by atoms with E-state index in [1.807, 2.05) is 0 Å². The van der Waals surface area contributed by atoms with Crippen LogP contribution in [0.5, 0.6) is 0 Å². The molecule has 0 saturated heterocycles. The maximum Gasteiger partial charge on any atom is 1.00 e. The van der Waals surface area contributed by atoms with Crippen molar-refractivity contribution in [3.8, 4) is 0 Å². The van der Waals surface area contributed by atoms with Gasteiger partial charge in [-0.1, -0.05) is 0 Å². The fourth-order valence-corrected chi connectivity index (χ4v) is 0. The average Bonchev–Trinajstić information content (AvgIpc) is 1.12.